The summed E-state index contributed by atoms with van der Waals surface area (Å²) in [6, 6.07) is 14.5. The third kappa shape index (κ3) is 4.65. The zero-order chi connectivity index (χ0) is 19.2. The van der Waals surface area contributed by atoms with E-state index in [2.05, 4.69) is 22.0 Å². The van der Waals surface area contributed by atoms with E-state index in [1.807, 2.05) is 61.2 Å². The molecule has 2 aromatic rings. The predicted molar refractivity (Wildman–Crippen MR) is 109 cm³/mol. The van der Waals surface area contributed by atoms with Gasteiger partial charge in [-0.2, -0.15) is 0 Å². The SMILES string of the molecule is CCC1CCCCN1c1ccc(C(=O)N(Cc2ccccc2)C(C)C)nn1. The normalized spacial score (nSPS) is 17.2. The molecule has 0 bridgehead atoms. The van der Waals surface area contributed by atoms with Crippen LogP contribution in [0.4, 0.5) is 5.82 Å². The Balaban J connectivity index is 1.75. The number of carbonyl (C=O) groups excluding carboxylic acids is 1. The van der Waals surface area contributed by atoms with Crippen molar-refractivity contribution in [1.82, 2.24) is 15.1 Å². The first kappa shape index (κ1) is 19.3. The van der Waals surface area contributed by atoms with Gasteiger partial charge < -0.3 is 9.80 Å². The van der Waals surface area contributed by atoms with Gasteiger partial charge in [0.05, 0.1) is 0 Å². The van der Waals surface area contributed by atoms with Gasteiger partial charge in [-0.15, -0.1) is 10.2 Å². The van der Waals surface area contributed by atoms with E-state index in [1.54, 1.807) is 0 Å². The van der Waals surface area contributed by atoms with Crippen LogP contribution in [0, 0.1) is 0 Å². The van der Waals surface area contributed by atoms with Crippen LogP contribution < -0.4 is 4.90 Å². The molecular weight excluding hydrogens is 336 g/mol. The van der Waals surface area contributed by atoms with Gasteiger partial charge >= 0.3 is 0 Å². The maximum atomic E-state index is 13.0. The molecule has 2 heterocycles. The number of hydrogen-bond donors (Lipinski definition) is 0. The first-order valence-corrected chi connectivity index (χ1v) is 10.1. The maximum Gasteiger partial charge on any atom is 0.274 e. The monoisotopic (exact) mass is 366 g/mol. The highest BCUT2D eigenvalue weighted by Gasteiger charge is 2.24. The second-order valence-electron chi connectivity index (χ2n) is 7.54. The zero-order valence-corrected chi connectivity index (χ0v) is 16.6. The third-order valence-corrected chi connectivity index (χ3v) is 5.34. The van der Waals surface area contributed by atoms with Crippen LogP contribution in [-0.2, 0) is 6.54 Å². The summed E-state index contributed by atoms with van der Waals surface area (Å²) in [6.45, 7) is 7.88. The summed E-state index contributed by atoms with van der Waals surface area (Å²) in [5, 5.41) is 8.68. The minimum atomic E-state index is -0.0708. The van der Waals surface area contributed by atoms with Crippen LogP contribution in [0.5, 0.6) is 0 Å². The lowest BCUT2D eigenvalue weighted by molar-refractivity contribution is 0.0683. The van der Waals surface area contributed by atoms with Crippen molar-refractivity contribution in [2.75, 3.05) is 11.4 Å². The smallest absolute Gasteiger partial charge is 0.274 e. The summed E-state index contributed by atoms with van der Waals surface area (Å²) in [7, 11) is 0. The molecule has 1 fully saturated rings. The largest absolute Gasteiger partial charge is 0.352 e. The van der Waals surface area contributed by atoms with Gasteiger partial charge in [-0.05, 0) is 57.2 Å². The van der Waals surface area contributed by atoms with Crippen LogP contribution >= 0.6 is 0 Å². The van der Waals surface area contributed by atoms with Crippen LogP contribution in [0.3, 0.4) is 0 Å². The van der Waals surface area contributed by atoms with Crippen LogP contribution in [0.1, 0.15) is 62.5 Å². The predicted octanol–water partition coefficient (Wildman–Crippen LogP) is 4.30. The van der Waals surface area contributed by atoms with Crippen molar-refractivity contribution >= 4 is 11.7 Å². The summed E-state index contributed by atoms with van der Waals surface area (Å²) < 4.78 is 0. The first-order valence-electron chi connectivity index (χ1n) is 10.1. The van der Waals surface area contributed by atoms with Crippen molar-refractivity contribution < 1.29 is 4.79 Å². The van der Waals surface area contributed by atoms with Crippen molar-refractivity contribution in [2.24, 2.45) is 0 Å². The van der Waals surface area contributed by atoms with E-state index in [1.165, 1.54) is 19.3 Å². The molecule has 0 radical (unpaired) electrons. The summed E-state index contributed by atoms with van der Waals surface area (Å²) in [4.78, 5) is 17.2. The maximum absolute atomic E-state index is 13.0. The Bertz CT molecular complexity index is 730. The molecule has 0 saturated carbocycles. The molecule has 5 nitrogen and oxygen atoms in total. The first-order chi connectivity index (χ1) is 13.1. The van der Waals surface area contributed by atoms with Gasteiger partial charge in [0.15, 0.2) is 11.5 Å². The van der Waals surface area contributed by atoms with Crippen molar-refractivity contribution in [3.63, 3.8) is 0 Å². The molecule has 5 heteroatoms. The Hall–Kier alpha value is -2.43. The topological polar surface area (TPSA) is 49.3 Å². The standard InChI is InChI=1S/C22H30N4O/c1-4-19-12-8-9-15-25(19)21-14-13-20(23-24-21)22(27)26(17(2)3)16-18-10-6-5-7-11-18/h5-7,10-11,13-14,17,19H,4,8-9,12,15-16H2,1-3H3. The summed E-state index contributed by atoms with van der Waals surface area (Å²) in [6.07, 6.45) is 4.79. The highest BCUT2D eigenvalue weighted by molar-refractivity contribution is 5.92. The molecule has 1 aliphatic rings. The summed E-state index contributed by atoms with van der Waals surface area (Å²) in [5.74, 6) is 0.816. The number of nitrogens with zero attached hydrogens (tertiary/aromatic N) is 4. The van der Waals surface area contributed by atoms with E-state index < -0.39 is 0 Å². The number of piperidine rings is 1. The van der Waals surface area contributed by atoms with Gasteiger partial charge in [-0.1, -0.05) is 37.3 Å². The van der Waals surface area contributed by atoms with E-state index >= 15 is 0 Å². The molecule has 1 atom stereocenters. The Morgan fingerprint density at radius 1 is 1.15 bits per heavy atom. The fourth-order valence-corrected chi connectivity index (χ4v) is 3.74. The number of hydrogen-bond acceptors (Lipinski definition) is 4. The highest BCUT2D eigenvalue weighted by atomic mass is 16.2. The molecule has 0 aliphatic carbocycles. The molecule has 1 unspecified atom stereocenters. The van der Waals surface area contributed by atoms with E-state index in [4.69, 9.17) is 0 Å². The van der Waals surface area contributed by atoms with Gasteiger partial charge in [0, 0.05) is 25.2 Å². The summed E-state index contributed by atoms with van der Waals surface area (Å²) >= 11 is 0. The Morgan fingerprint density at radius 2 is 1.93 bits per heavy atom. The number of amides is 1. The molecule has 0 spiro atoms. The molecule has 1 saturated heterocycles. The number of rotatable bonds is 6. The average molecular weight is 367 g/mol. The second kappa shape index (κ2) is 8.98. The number of aromatic nitrogens is 2. The third-order valence-electron chi connectivity index (χ3n) is 5.34. The van der Waals surface area contributed by atoms with Crippen molar-refractivity contribution in [3.05, 3.63) is 53.7 Å². The minimum absolute atomic E-state index is 0.0708. The van der Waals surface area contributed by atoms with E-state index in [0.717, 1.165) is 24.3 Å². The number of anilines is 1. The molecule has 1 aliphatic heterocycles. The summed E-state index contributed by atoms with van der Waals surface area (Å²) in [5.41, 5.74) is 1.52. The molecule has 1 aromatic carbocycles. The van der Waals surface area contributed by atoms with Crippen LogP contribution in [-0.4, -0.2) is 39.6 Å². The van der Waals surface area contributed by atoms with Crippen molar-refractivity contribution in [1.29, 1.82) is 0 Å². The van der Waals surface area contributed by atoms with Crippen LogP contribution in [0.15, 0.2) is 42.5 Å². The highest BCUT2D eigenvalue weighted by Crippen LogP contribution is 2.24. The van der Waals surface area contributed by atoms with Crippen LogP contribution in [0.2, 0.25) is 0 Å². The van der Waals surface area contributed by atoms with Crippen molar-refractivity contribution in [3.8, 4) is 0 Å². The average Bonchev–Trinajstić information content (AvgIpc) is 2.72. The molecule has 27 heavy (non-hydrogen) atoms. The fourth-order valence-electron chi connectivity index (χ4n) is 3.74. The van der Waals surface area contributed by atoms with Gasteiger partial charge in [0.1, 0.15) is 0 Å². The number of benzene rings is 1. The van der Waals surface area contributed by atoms with E-state index in [0.29, 0.717) is 18.3 Å². The van der Waals surface area contributed by atoms with Gasteiger partial charge in [0.25, 0.3) is 5.91 Å². The molecule has 0 N–H and O–H groups in total. The Morgan fingerprint density at radius 3 is 2.56 bits per heavy atom. The van der Waals surface area contributed by atoms with E-state index in [9.17, 15) is 4.79 Å². The number of carbonyl (C=O) groups is 1. The molecule has 144 valence electrons. The second-order valence-corrected chi connectivity index (χ2v) is 7.54. The minimum Gasteiger partial charge on any atom is -0.352 e. The lowest BCUT2D eigenvalue weighted by Crippen LogP contribution is -2.40. The fraction of sp³-hybridized carbons (Fsp3) is 0.500. The Kier molecular flexibility index (Phi) is 6.43. The molecule has 3 rings (SSSR count). The van der Waals surface area contributed by atoms with Gasteiger partial charge in [-0.3, -0.25) is 4.79 Å². The molecule has 1 aromatic heterocycles. The lowest BCUT2D eigenvalue weighted by Gasteiger charge is -2.35. The molecular formula is C22H30N4O. The van der Waals surface area contributed by atoms with Crippen molar-refractivity contribution in [2.45, 2.75) is 65.1 Å². The quantitative estimate of drug-likeness (QED) is 0.765. The van der Waals surface area contributed by atoms with Crippen LogP contribution in [0.25, 0.3) is 0 Å². The molecule has 1 amide bonds. The Labute approximate surface area is 162 Å². The zero-order valence-electron chi connectivity index (χ0n) is 16.6. The van der Waals surface area contributed by atoms with Gasteiger partial charge in [0.2, 0.25) is 0 Å². The van der Waals surface area contributed by atoms with Gasteiger partial charge in [-0.25, -0.2) is 0 Å². The lowest BCUT2D eigenvalue weighted by atomic mass is 10.0. The van der Waals surface area contributed by atoms with E-state index in [-0.39, 0.29) is 11.9 Å².